The Balaban J connectivity index is 1.76. The number of hydrogen-bond acceptors (Lipinski definition) is 2. The molecule has 1 saturated heterocycles. The lowest BCUT2D eigenvalue weighted by atomic mass is 10.1. The van der Waals surface area contributed by atoms with Crippen molar-refractivity contribution in [2.24, 2.45) is 5.92 Å². The predicted molar refractivity (Wildman–Crippen MR) is 68.7 cm³/mol. The lowest BCUT2D eigenvalue weighted by Gasteiger charge is -2.16. The number of carbonyl (C=O) groups excluding carboxylic acids is 1. The number of benzene rings is 1. The minimum absolute atomic E-state index is 0.189. The molecule has 1 aromatic carbocycles. The van der Waals surface area contributed by atoms with Crippen LogP contribution in [0.1, 0.15) is 18.4 Å². The third-order valence-corrected chi connectivity index (χ3v) is 3.36. The van der Waals surface area contributed by atoms with Crippen LogP contribution in [0.15, 0.2) is 30.3 Å². The Hall–Kier alpha value is -1.55. The van der Waals surface area contributed by atoms with E-state index in [4.69, 9.17) is 4.74 Å². The maximum atomic E-state index is 11.9. The average Bonchev–Trinajstić information content (AvgIpc) is 2.86. The van der Waals surface area contributed by atoms with Gasteiger partial charge in [-0.05, 0) is 17.9 Å². The number of rotatable bonds is 4. The van der Waals surface area contributed by atoms with E-state index in [1.54, 1.807) is 0 Å². The minimum Gasteiger partial charge on any atom is -0.445 e. The van der Waals surface area contributed by atoms with Gasteiger partial charge in [0.25, 0.3) is 0 Å². The third kappa shape index (κ3) is 3.47. The molecule has 1 aliphatic rings. The zero-order chi connectivity index (χ0) is 12.8. The van der Waals surface area contributed by atoms with Crippen molar-refractivity contribution in [2.45, 2.75) is 19.4 Å². The van der Waals surface area contributed by atoms with Gasteiger partial charge < -0.3 is 15.4 Å². The smallest absolute Gasteiger partial charge is 0.410 e. The molecule has 0 aliphatic carbocycles. The summed E-state index contributed by atoms with van der Waals surface area (Å²) >= 11 is 0. The van der Waals surface area contributed by atoms with E-state index < -0.39 is 0 Å². The molecule has 0 radical (unpaired) electrons. The largest absolute Gasteiger partial charge is 0.445 e. The zero-order valence-electron chi connectivity index (χ0n) is 10.7. The van der Waals surface area contributed by atoms with E-state index in [9.17, 15) is 4.79 Å². The van der Waals surface area contributed by atoms with E-state index in [2.05, 4.69) is 5.73 Å². The summed E-state index contributed by atoms with van der Waals surface area (Å²) in [6.07, 6.45) is 1.99. The predicted octanol–water partition coefficient (Wildman–Crippen LogP) is 1.28. The second-order valence-corrected chi connectivity index (χ2v) is 4.78. The Morgan fingerprint density at radius 2 is 2.17 bits per heavy atom. The number of ether oxygens (including phenoxy) is 1. The van der Waals surface area contributed by atoms with Crippen molar-refractivity contribution in [3.05, 3.63) is 35.9 Å². The van der Waals surface area contributed by atoms with Crippen molar-refractivity contribution >= 4 is 6.09 Å². The topological polar surface area (TPSA) is 57.2 Å². The maximum Gasteiger partial charge on any atom is 0.410 e. The molecular formula is C14H21N2O2+. The van der Waals surface area contributed by atoms with Crippen LogP contribution in [0.2, 0.25) is 0 Å². The van der Waals surface area contributed by atoms with E-state index in [1.165, 1.54) is 0 Å². The second kappa shape index (κ2) is 6.40. The molecule has 98 valence electrons. The molecule has 2 rings (SSSR count). The molecule has 1 fully saturated rings. The van der Waals surface area contributed by atoms with Crippen molar-refractivity contribution in [1.82, 2.24) is 4.90 Å². The van der Waals surface area contributed by atoms with Gasteiger partial charge in [0.1, 0.15) is 6.61 Å². The van der Waals surface area contributed by atoms with Crippen LogP contribution in [-0.4, -0.2) is 30.6 Å². The quantitative estimate of drug-likeness (QED) is 0.874. The molecule has 0 aromatic heterocycles. The van der Waals surface area contributed by atoms with Gasteiger partial charge in [-0.25, -0.2) is 4.79 Å². The molecule has 1 amide bonds. The first-order chi connectivity index (χ1) is 8.79. The van der Waals surface area contributed by atoms with Crippen LogP contribution in [0.4, 0.5) is 4.79 Å². The molecule has 0 unspecified atom stereocenters. The second-order valence-electron chi connectivity index (χ2n) is 4.78. The van der Waals surface area contributed by atoms with Gasteiger partial charge in [-0.1, -0.05) is 30.3 Å². The molecule has 3 N–H and O–H groups in total. The number of amides is 1. The van der Waals surface area contributed by atoms with Crippen LogP contribution < -0.4 is 5.73 Å². The molecule has 1 heterocycles. The van der Waals surface area contributed by atoms with Gasteiger partial charge in [0, 0.05) is 19.5 Å². The van der Waals surface area contributed by atoms with Gasteiger partial charge in [0.2, 0.25) is 0 Å². The van der Waals surface area contributed by atoms with Crippen LogP contribution in [0, 0.1) is 5.92 Å². The molecule has 0 saturated carbocycles. The first kappa shape index (κ1) is 12.9. The number of hydrogen-bond donors (Lipinski definition) is 1. The number of nitrogens with zero attached hydrogens (tertiary/aromatic N) is 1. The van der Waals surface area contributed by atoms with Gasteiger partial charge >= 0.3 is 6.09 Å². The van der Waals surface area contributed by atoms with Crippen molar-refractivity contribution < 1.29 is 15.3 Å². The normalized spacial score (nSPS) is 18.9. The summed E-state index contributed by atoms with van der Waals surface area (Å²) in [4.78, 5) is 13.7. The lowest BCUT2D eigenvalue weighted by Crippen LogP contribution is -2.51. The van der Waals surface area contributed by atoms with Gasteiger partial charge in [0.05, 0.1) is 6.54 Å². The van der Waals surface area contributed by atoms with Crippen LogP contribution in [0.25, 0.3) is 0 Å². The molecule has 4 heteroatoms. The Labute approximate surface area is 108 Å². The third-order valence-electron chi connectivity index (χ3n) is 3.36. The first-order valence-electron chi connectivity index (χ1n) is 6.54. The Morgan fingerprint density at radius 1 is 1.39 bits per heavy atom. The van der Waals surface area contributed by atoms with Crippen LogP contribution >= 0.6 is 0 Å². The minimum atomic E-state index is -0.189. The van der Waals surface area contributed by atoms with E-state index in [-0.39, 0.29) is 6.09 Å². The van der Waals surface area contributed by atoms with Crippen LogP contribution in [0.3, 0.4) is 0 Å². The first-order valence-corrected chi connectivity index (χ1v) is 6.54. The molecule has 1 aromatic rings. The SMILES string of the molecule is [NH3+]CC[C@@H]1CCN(C(=O)OCc2ccccc2)C1. The van der Waals surface area contributed by atoms with Crippen molar-refractivity contribution in [2.75, 3.05) is 19.6 Å². The highest BCUT2D eigenvalue weighted by Crippen LogP contribution is 2.19. The molecular weight excluding hydrogens is 228 g/mol. The highest BCUT2D eigenvalue weighted by Gasteiger charge is 2.26. The number of likely N-dealkylation sites (tertiary alicyclic amines) is 1. The van der Waals surface area contributed by atoms with Gasteiger partial charge in [-0.2, -0.15) is 0 Å². The van der Waals surface area contributed by atoms with E-state index in [1.807, 2.05) is 35.2 Å². The van der Waals surface area contributed by atoms with E-state index >= 15 is 0 Å². The van der Waals surface area contributed by atoms with E-state index in [0.717, 1.165) is 38.0 Å². The average molecular weight is 249 g/mol. The molecule has 1 aliphatic heterocycles. The van der Waals surface area contributed by atoms with Crippen LogP contribution in [0.5, 0.6) is 0 Å². The van der Waals surface area contributed by atoms with Gasteiger partial charge in [-0.15, -0.1) is 0 Å². The molecule has 0 bridgehead atoms. The summed E-state index contributed by atoms with van der Waals surface area (Å²) in [5, 5.41) is 0. The molecule has 18 heavy (non-hydrogen) atoms. The Kier molecular flexibility index (Phi) is 4.59. The monoisotopic (exact) mass is 249 g/mol. The summed E-state index contributed by atoms with van der Waals surface area (Å²) in [5.41, 5.74) is 4.89. The summed E-state index contributed by atoms with van der Waals surface area (Å²) in [6.45, 7) is 2.94. The molecule has 4 nitrogen and oxygen atoms in total. The maximum absolute atomic E-state index is 11.9. The highest BCUT2D eigenvalue weighted by atomic mass is 16.6. The van der Waals surface area contributed by atoms with Crippen LogP contribution in [-0.2, 0) is 11.3 Å². The number of carbonyl (C=O) groups is 1. The fraction of sp³-hybridized carbons (Fsp3) is 0.500. The highest BCUT2D eigenvalue weighted by molar-refractivity contribution is 5.68. The summed E-state index contributed by atoms with van der Waals surface area (Å²) in [5.74, 6) is 0.603. The molecule has 0 spiro atoms. The fourth-order valence-electron chi connectivity index (χ4n) is 2.33. The van der Waals surface area contributed by atoms with Crippen molar-refractivity contribution in [1.29, 1.82) is 0 Å². The van der Waals surface area contributed by atoms with Gasteiger partial charge in [0.15, 0.2) is 0 Å². The van der Waals surface area contributed by atoms with Crippen molar-refractivity contribution in [3.8, 4) is 0 Å². The number of quaternary nitrogens is 1. The molecule has 1 atom stereocenters. The van der Waals surface area contributed by atoms with Gasteiger partial charge in [-0.3, -0.25) is 0 Å². The fourth-order valence-corrected chi connectivity index (χ4v) is 2.33. The zero-order valence-corrected chi connectivity index (χ0v) is 10.7. The van der Waals surface area contributed by atoms with Crippen molar-refractivity contribution in [3.63, 3.8) is 0 Å². The van der Waals surface area contributed by atoms with E-state index in [0.29, 0.717) is 12.5 Å². The Bertz CT molecular complexity index is 381. The Morgan fingerprint density at radius 3 is 2.89 bits per heavy atom. The standard InChI is InChI=1S/C14H20N2O2/c15-8-6-12-7-9-16(10-12)14(17)18-11-13-4-2-1-3-5-13/h1-5,12H,6-11,15H2/p+1/t12-/m1/s1. The summed E-state index contributed by atoms with van der Waals surface area (Å²) in [6, 6.07) is 9.77. The lowest BCUT2D eigenvalue weighted by molar-refractivity contribution is -0.370. The summed E-state index contributed by atoms with van der Waals surface area (Å²) in [7, 11) is 0. The summed E-state index contributed by atoms with van der Waals surface area (Å²) < 4.78 is 5.31.